The van der Waals surface area contributed by atoms with E-state index in [0.717, 1.165) is 6.42 Å². The minimum absolute atomic E-state index is 0.0529. The molecule has 0 aliphatic rings. The van der Waals surface area contributed by atoms with E-state index in [-0.39, 0.29) is 5.91 Å². The van der Waals surface area contributed by atoms with Crippen LogP contribution in [0.3, 0.4) is 0 Å². The van der Waals surface area contributed by atoms with Crippen LogP contribution in [-0.2, 0) is 7.05 Å². The summed E-state index contributed by atoms with van der Waals surface area (Å²) in [5.74, 6) is 2.44. The lowest BCUT2D eigenvalue weighted by atomic mass is 10.3. The largest absolute Gasteiger partial charge is 0.327 e. The van der Waals surface area contributed by atoms with Crippen LogP contribution in [0.2, 0.25) is 0 Å². The molecule has 0 saturated carbocycles. The van der Waals surface area contributed by atoms with Gasteiger partial charge in [-0.25, -0.2) is 0 Å². The Morgan fingerprint density at radius 3 is 2.93 bits per heavy atom. The summed E-state index contributed by atoms with van der Waals surface area (Å²) in [7, 11) is 1.78. The number of hydrogen-bond donors (Lipinski definition) is 0. The average molecular weight is 205 g/mol. The van der Waals surface area contributed by atoms with E-state index in [9.17, 15) is 4.79 Å². The summed E-state index contributed by atoms with van der Waals surface area (Å²) >= 11 is 0. The number of rotatable bonds is 4. The molecule has 4 nitrogen and oxygen atoms in total. The van der Waals surface area contributed by atoms with Crippen LogP contribution >= 0.6 is 0 Å². The molecule has 0 N–H and O–H groups in total. The fourth-order valence-corrected chi connectivity index (χ4v) is 1.35. The summed E-state index contributed by atoms with van der Waals surface area (Å²) in [5.41, 5.74) is 0.584. The molecule has 1 aromatic heterocycles. The predicted molar refractivity (Wildman–Crippen MR) is 58.2 cm³/mol. The van der Waals surface area contributed by atoms with Crippen molar-refractivity contribution >= 4 is 5.91 Å². The Morgan fingerprint density at radius 1 is 1.73 bits per heavy atom. The minimum atomic E-state index is -0.0529. The lowest BCUT2D eigenvalue weighted by Gasteiger charge is -2.18. The molecule has 1 rings (SSSR count). The fraction of sp³-hybridized carbons (Fsp3) is 0.455. The summed E-state index contributed by atoms with van der Waals surface area (Å²) < 4.78 is 1.60. The van der Waals surface area contributed by atoms with Crippen LogP contribution < -0.4 is 0 Å². The highest BCUT2D eigenvalue weighted by atomic mass is 16.2. The highest BCUT2D eigenvalue weighted by Gasteiger charge is 2.15. The average Bonchev–Trinajstić information content (AvgIpc) is 2.63. The second kappa shape index (κ2) is 5.20. The maximum Gasteiger partial charge on any atom is 0.257 e. The Morgan fingerprint density at radius 2 is 2.47 bits per heavy atom. The standard InChI is InChI=1S/C11H15N3O/c1-4-6-14(7-5-2)11(15)10-8-12-13(3)9-10/h1,8-9H,5-7H2,2-3H3. The third-order valence-electron chi connectivity index (χ3n) is 2.01. The Kier molecular flexibility index (Phi) is 3.92. The Labute approximate surface area is 89.9 Å². The molecular weight excluding hydrogens is 190 g/mol. The first kappa shape index (κ1) is 11.3. The maximum absolute atomic E-state index is 11.9. The van der Waals surface area contributed by atoms with Gasteiger partial charge in [-0.1, -0.05) is 12.8 Å². The van der Waals surface area contributed by atoms with E-state index in [4.69, 9.17) is 6.42 Å². The van der Waals surface area contributed by atoms with E-state index < -0.39 is 0 Å². The normalized spacial score (nSPS) is 9.67. The molecule has 0 aromatic carbocycles. The summed E-state index contributed by atoms with van der Waals surface area (Å²) in [6.45, 7) is 3.04. The van der Waals surface area contributed by atoms with Gasteiger partial charge in [0.1, 0.15) is 0 Å². The zero-order valence-corrected chi connectivity index (χ0v) is 9.10. The number of carbonyl (C=O) groups is 1. The Balaban J connectivity index is 2.76. The number of nitrogens with zero attached hydrogens (tertiary/aromatic N) is 3. The van der Waals surface area contributed by atoms with Gasteiger partial charge in [-0.3, -0.25) is 9.48 Å². The molecule has 1 aromatic rings. The highest BCUT2D eigenvalue weighted by molar-refractivity contribution is 5.93. The summed E-state index contributed by atoms with van der Waals surface area (Å²) in [6.07, 6.45) is 9.37. The number of terminal acetylenes is 1. The molecule has 0 spiro atoms. The zero-order valence-electron chi connectivity index (χ0n) is 9.10. The van der Waals surface area contributed by atoms with Gasteiger partial charge < -0.3 is 4.90 Å². The molecule has 0 aliphatic heterocycles. The van der Waals surface area contributed by atoms with Crippen molar-refractivity contribution in [2.45, 2.75) is 13.3 Å². The van der Waals surface area contributed by atoms with Gasteiger partial charge in [0.25, 0.3) is 5.91 Å². The molecule has 0 radical (unpaired) electrons. The Bertz CT molecular complexity index is 375. The van der Waals surface area contributed by atoms with Crippen molar-refractivity contribution in [1.29, 1.82) is 0 Å². The van der Waals surface area contributed by atoms with Gasteiger partial charge in [-0.2, -0.15) is 5.10 Å². The first-order valence-corrected chi connectivity index (χ1v) is 4.90. The van der Waals surface area contributed by atoms with Crippen LogP contribution in [0.1, 0.15) is 23.7 Å². The lowest BCUT2D eigenvalue weighted by Crippen LogP contribution is -2.31. The number of amides is 1. The van der Waals surface area contributed by atoms with Crippen molar-refractivity contribution in [3.8, 4) is 12.3 Å². The van der Waals surface area contributed by atoms with Crippen LogP contribution in [0.25, 0.3) is 0 Å². The number of hydrogen-bond acceptors (Lipinski definition) is 2. The molecule has 4 heteroatoms. The maximum atomic E-state index is 11.9. The van der Waals surface area contributed by atoms with E-state index in [1.165, 1.54) is 0 Å². The highest BCUT2D eigenvalue weighted by Crippen LogP contribution is 2.03. The smallest absolute Gasteiger partial charge is 0.257 e. The molecule has 0 atom stereocenters. The van der Waals surface area contributed by atoms with E-state index >= 15 is 0 Å². The number of aromatic nitrogens is 2. The van der Waals surface area contributed by atoms with Gasteiger partial charge in [0.2, 0.25) is 0 Å². The van der Waals surface area contributed by atoms with Crippen molar-refractivity contribution in [2.75, 3.05) is 13.1 Å². The van der Waals surface area contributed by atoms with Crippen LogP contribution in [0.15, 0.2) is 12.4 Å². The van der Waals surface area contributed by atoms with Gasteiger partial charge in [-0.05, 0) is 6.42 Å². The van der Waals surface area contributed by atoms with Crippen LogP contribution in [0, 0.1) is 12.3 Å². The van der Waals surface area contributed by atoms with Crippen LogP contribution in [0.4, 0.5) is 0 Å². The predicted octanol–water partition coefficient (Wildman–Crippen LogP) is 0.905. The first-order chi connectivity index (χ1) is 7.19. The molecule has 1 heterocycles. The third-order valence-corrected chi connectivity index (χ3v) is 2.01. The molecule has 0 unspecified atom stereocenters. The quantitative estimate of drug-likeness (QED) is 0.685. The van der Waals surface area contributed by atoms with E-state index in [0.29, 0.717) is 18.7 Å². The summed E-state index contributed by atoms with van der Waals surface area (Å²) in [6, 6.07) is 0. The summed E-state index contributed by atoms with van der Waals surface area (Å²) in [5, 5.41) is 3.96. The van der Waals surface area contributed by atoms with Crippen molar-refractivity contribution in [2.24, 2.45) is 7.05 Å². The monoisotopic (exact) mass is 205 g/mol. The molecule has 0 saturated heterocycles. The number of carbonyl (C=O) groups excluding carboxylic acids is 1. The minimum Gasteiger partial charge on any atom is -0.327 e. The molecule has 80 valence electrons. The SMILES string of the molecule is C#CCN(CCC)C(=O)c1cnn(C)c1. The van der Waals surface area contributed by atoms with Crippen molar-refractivity contribution in [1.82, 2.24) is 14.7 Å². The molecular formula is C11H15N3O. The lowest BCUT2D eigenvalue weighted by molar-refractivity contribution is 0.0777. The van der Waals surface area contributed by atoms with Crippen molar-refractivity contribution in [3.63, 3.8) is 0 Å². The molecule has 0 fully saturated rings. The molecule has 15 heavy (non-hydrogen) atoms. The molecule has 1 amide bonds. The zero-order chi connectivity index (χ0) is 11.3. The van der Waals surface area contributed by atoms with Crippen molar-refractivity contribution in [3.05, 3.63) is 18.0 Å². The van der Waals surface area contributed by atoms with Gasteiger partial charge in [-0.15, -0.1) is 6.42 Å². The van der Waals surface area contributed by atoms with Crippen molar-refractivity contribution < 1.29 is 4.79 Å². The van der Waals surface area contributed by atoms with Crippen LogP contribution in [0.5, 0.6) is 0 Å². The van der Waals surface area contributed by atoms with Gasteiger partial charge in [0, 0.05) is 19.8 Å². The topological polar surface area (TPSA) is 38.1 Å². The summed E-state index contributed by atoms with van der Waals surface area (Å²) in [4.78, 5) is 13.6. The first-order valence-electron chi connectivity index (χ1n) is 4.90. The second-order valence-electron chi connectivity index (χ2n) is 3.33. The van der Waals surface area contributed by atoms with E-state index in [2.05, 4.69) is 11.0 Å². The van der Waals surface area contributed by atoms with Gasteiger partial charge in [0.15, 0.2) is 0 Å². The number of aryl methyl sites for hydroxylation is 1. The van der Waals surface area contributed by atoms with E-state index in [1.807, 2.05) is 6.92 Å². The van der Waals surface area contributed by atoms with E-state index in [1.54, 1.807) is 29.0 Å². The molecule has 0 aliphatic carbocycles. The van der Waals surface area contributed by atoms with Crippen LogP contribution in [-0.4, -0.2) is 33.7 Å². The second-order valence-corrected chi connectivity index (χ2v) is 3.33. The van der Waals surface area contributed by atoms with Gasteiger partial charge >= 0.3 is 0 Å². The third kappa shape index (κ3) is 2.84. The molecule has 0 bridgehead atoms. The van der Waals surface area contributed by atoms with Gasteiger partial charge in [0.05, 0.1) is 18.3 Å². The Hall–Kier alpha value is -1.76. The fourth-order valence-electron chi connectivity index (χ4n) is 1.35.